The summed E-state index contributed by atoms with van der Waals surface area (Å²) in [5.41, 5.74) is 16.4. The minimum atomic E-state index is -0.901. The molecule has 10 rings (SSSR count). The second kappa shape index (κ2) is 16.3. The molecule has 0 saturated heterocycles. The summed E-state index contributed by atoms with van der Waals surface area (Å²) in [6.45, 7) is 4.27. The Labute approximate surface area is 356 Å². The van der Waals surface area contributed by atoms with Crippen molar-refractivity contribution in [2.75, 3.05) is 7.11 Å². The normalized spacial score (nSPS) is 13.6. The van der Waals surface area contributed by atoms with Crippen molar-refractivity contribution in [1.82, 2.24) is 19.1 Å². The number of benzene rings is 4. The molecule has 0 unspecified atom stereocenters. The van der Waals surface area contributed by atoms with Crippen LogP contribution < -0.4 is 0 Å². The third-order valence-corrected chi connectivity index (χ3v) is 12.4. The first-order valence-corrected chi connectivity index (χ1v) is 21.1. The fourth-order valence-electron chi connectivity index (χ4n) is 8.72. The van der Waals surface area contributed by atoms with Gasteiger partial charge in [-0.1, -0.05) is 60.7 Å². The number of carbonyl (C=O) groups excluding carboxylic acids is 1. The van der Waals surface area contributed by atoms with Crippen LogP contribution in [0.2, 0.25) is 0 Å². The van der Waals surface area contributed by atoms with Crippen molar-refractivity contribution in [1.29, 1.82) is 0 Å². The van der Waals surface area contributed by atoms with E-state index in [2.05, 4.69) is 144 Å². The lowest BCUT2D eigenvalue weighted by Gasteiger charge is -2.10. The zero-order chi connectivity index (χ0) is 42.4. The van der Waals surface area contributed by atoms with Crippen molar-refractivity contribution in [2.24, 2.45) is 14.1 Å². The van der Waals surface area contributed by atoms with Crippen LogP contribution in [0.1, 0.15) is 103 Å². The number of aryl methyl sites for hydroxylation is 4. The molecule has 4 heterocycles. The first-order chi connectivity index (χ1) is 29.6. The maximum Gasteiger partial charge on any atom is 0.339 e. The van der Waals surface area contributed by atoms with Crippen molar-refractivity contribution < 1.29 is 19.4 Å². The molecule has 2 saturated carbocycles. The van der Waals surface area contributed by atoms with Gasteiger partial charge in [0.25, 0.3) is 0 Å². The highest BCUT2D eigenvalue weighted by molar-refractivity contribution is 5.98. The Morgan fingerprint density at radius 1 is 0.623 bits per heavy atom. The number of carboxylic acids is 1. The number of hydrogen-bond donors (Lipinski definition) is 1. The number of pyridine rings is 2. The number of carboxylic acid groups (broad SMARTS) is 1. The maximum atomic E-state index is 12.4. The average molecular weight is 807 g/mol. The van der Waals surface area contributed by atoms with Crippen LogP contribution in [0.15, 0.2) is 122 Å². The van der Waals surface area contributed by atoms with Crippen molar-refractivity contribution in [3.8, 4) is 22.3 Å². The first-order valence-electron chi connectivity index (χ1n) is 21.1. The van der Waals surface area contributed by atoms with Crippen LogP contribution in [0.3, 0.4) is 0 Å². The second-order valence-corrected chi connectivity index (χ2v) is 16.9. The molecule has 0 radical (unpaired) electrons. The number of ether oxygens (including phenoxy) is 1. The lowest BCUT2D eigenvalue weighted by Crippen LogP contribution is -2.09. The highest BCUT2D eigenvalue weighted by Crippen LogP contribution is 2.42. The van der Waals surface area contributed by atoms with Crippen LogP contribution >= 0.6 is 0 Å². The zero-order valence-electron chi connectivity index (χ0n) is 35.4. The number of aromatic carboxylic acids is 1. The molecule has 0 spiro atoms. The molecule has 8 heteroatoms. The molecule has 4 aromatic heterocycles. The van der Waals surface area contributed by atoms with Gasteiger partial charge in [-0.05, 0) is 132 Å². The van der Waals surface area contributed by atoms with Crippen LogP contribution in [0.4, 0.5) is 0 Å². The van der Waals surface area contributed by atoms with Crippen LogP contribution in [-0.2, 0) is 31.7 Å². The predicted octanol–water partition coefficient (Wildman–Crippen LogP) is 11.5. The first kappa shape index (κ1) is 39.6. The summed E-state index contributed by atoms with van der Waals surface area (Å²) in [7, 11) is 5.57. The Balaban J connectivity index is 0.000000156. The molecule has 4 aromatic carbocycles. The van der Waals surface area contributed by atoms with Gasteiger partial charge in [0.05, 0.1) is 29.6 Å². The van der Waals surface area contributed by atoms with Gasteiger partial charge in [-0.25, -0.2) is 9.59 Å². The molecule has 0 atom stereocenters. The van der Waals surface area contributed by atoms with Crippen molar-refractivity contribution in [3.63, 3.8) is 0 Å². The van der Waals surface area contributed by atoms with E-state index in [-0.39, 0.29) is 5.97 Å². The molecule has 61 heavy (non-hydrogen) atoms. The molecular weight excluding hydrogens is 757 g/mol. The van der Waals surface area contributed by atoms with E-state index >= 15 is 0 Å². The number of aromatic nitrogens is 4. The topological polar surface area (TPSA) is 99.2 Å². The number of nitrogens with zero attached hydrogens (tertiary/aromatic N) is 4. The highest BCUT2D eigenvalue weighted by Gasteiger charge is 2.27. The lowest BCUT2D eigenvalue weighted by atomic mass is 9.97. The van der Waals surface area contributed by atoms with E-state index in [1.165, 1.54) is 69.6 Å². The van der Waals surface area contributed by atoms with Gasteiger partial charge in [-0.15, -0.1) is 0 Å². The molecule has 0 aliphatic heterocycles. The van der Waals surface area contributed by atoms with E-state index in [1.54, 1.807) is 0 Å². The van der Waals surface area contributed by atoms with Crippen molar-refractivity contribution >= 4 is 33.7 Å². The van der Waals surface area contributed by atoms with Gasteiger partial charge in [0, 0.05) is 84.7 Å². The van der Waals surface area contributed by atoms with Crippen LogP contribution in [-0.4, -0.2) is 43.3 Å². The molecule has 0 amide bonds. The predicted molar refractivity (Wildman–Crippen MR) is 243 cm³/mol. The summed E-state index contributed by atoms with van der Waals surface area (Å²) in [5, 5.41) is 12.1. The van der Waals surface area contributed by atoms with E-state index in [9.17, 15) is 14.7 Å². The number of esters is 1. The Bertz CT molecular complexity index is 2980. The smallest absolute Gasteiger partial charge is 0.339 e. The molecule has 2 fully saturated rings. The molecule has 8 aromatic rings. The molecular formula is C53H50N4O4. The van der Waals surface area contributed by atoms with Crippen LogP contribution in [0, 0.1) is 13.8 Å². The summed E-state index contributed by atoms with van der Waals surface area (Å²) in [5.74, 6) is -0.183. The Hall–Kier alpha value is -6.80. The number of rotatable bonds is 10. The quantitative estimate of drug-likeness (QED) is 0.138. The standard InChI is InChI=1S/C27H26N2O2.C26H24N2O2/c1-17-6-4-5-7-21(17)24-16-29(2)26-11-8-18(12-22(24)26)13-25-23(27(30)31-3)14-20(15-28-25)19-9-10-19;1-16-5-3-4-6-20(16)23-15-28(2)25-10-7-17(11-21(23)25)12-24-22(26(29)30)13-19(14-27-24)18-8-9-18/h4-8,11-12,14-16,19H,9-10,13H2,1-3H3;3-7,10-11,13-15,18H,8-9,12H2,1-2H3,(H,29,30). The van der Waals surface area contributed by atoms with Crippen LogP contribution in [0.5, 0.6) is 0 Å². The molecule has 0 bridgehead atoms. The molecule has 306 valence electrons. The third kappa shape index (κ3) is 8.10. The number of hydrogen-bond acceptors (Lipinski definition) is 5. The molecule has 1 N–H and O–H groups in total. The largest absolute Gasteiger partial charge is 0.478 e. The summed E-state index contributed by atoms with van der Waals surface area (Å²) in [6, 6.07) is 33.6. The average Bonchev–Trinajstić information content (AvgIpc) is 4.21. The molecule has 2 aliphatic rings. The monoisotopic (exact) mass is 806 g/mol. The summed E-state index contributed by atoms with van der Waals surface area (Å²) in [4.78, 5) is 33.5. The summed E-state index contributed by atoms with van der Waals surface area (Å²) < 4.78 is 9.37. The van der Waals surface area contributed by atoms with Gasteiger partial charge >= 0.3 is 11.9 Å². The summed E-state index contributed by atoms with van der Waals surface area (Å²) >= 11 is 0. The zero-order valence-corrected chi connectivity index (χ0v) is 35.4. The van der Waals surface area contributed by atoms with Gasteiger partial charge in [0.2, 0.25) is 0 Å². The van der Waals surface area contributed by atoms with E-state index < -0.39 is 5.97 Å². The fourth-order valence-corrected chi connectivity index (χ4v) is 8.72. The van der Waals surface area contributed by atoms with E-state index in [0.29, 0.717) is 41.5 Å². The van der Waals surface area contributed by atoms with Crippen molar-refractivity contribution in [2.45, 2.75) is 64.2 Å². The van der Waals surface area contributed by atoms with Crippen LogP contribution in [0.25, 0.3) is 44.1 Å². The third-order valence-electron chi connectivity index (χ3n) is 12.4. The van der Waals surface area contributed by atoms with E-state index in [1.807, 2.05) is 24.5 Å². The number of fused-ring (bicyclic) bond motifs is 2. The number of carbonyl (C=O) groups is 2. The lowest BCUT2D eigenvalue weighted by molar-refractivity contribution is 0.0598. The van der Waals surface area contributed by atoms with Crippen molar-refractivity contribution in [3.05, 3.63) is 178 Å². The van der Waals surface area contributed by atoms with Gasteiger partial charge in [-0.3, -0.25) is 9.97 Å². The Kier molecular flexibility index (Phi) is 10.6. The Morgan fingerprint density at radius 3 is 1.49 bits per heavy atom. The Morgan fingerprint density at radius 2 is 1.07 bits per heavy atom. The van der Waals surface area contributed by atoms with E-state index in [0.717, 1.165) is 46.3 Å². The number of methoxy groups -OCH3 is 1. The highest BCUT2D eigenvalue weighted by atomic mass is 16.5. The minimum Gasteiger partial charge on any atom is -0.478 e. The SMILES string of the molecule is COC(=O)c1cc(C2CC2)cnc1Cc1ccc2c(c1)c(-c1ccccc1C)cn2C.Cc1ccccc1-c1cn(C)c2ccc(Cc3ncc(C4CC4)cc3C(=O)O)cc12. The summed E-state index contributed by atoms with van der Waals surface area (Å²) in [6.07, 6.45) is 13.9. The van der Waals surface area contributed by atoms with Gasteiger partial charge < -0.3 is 19.0 Å². The molecule has 2 aliphatic carbocycles. The van der Waals surface area contributed by atoms with E-state index in [4.69, 9.17) is 4.74 Å². The fraction of sp³-hybridized carbons (Fsp3) is 0.245. The van der Waals surface area contributed by atoms with Gasteiger partial charge in [0.15, 0.2) is 0 Å². The maximum absolute atomic E-state index is 12.4. The second-order valence-electron chi connectivity index (χ2n) is 16.9. The van der Waals surface area contributed by atoms with Gasteiger partial charge in [0.1, 0.15) is 0 Å². The van der Waals surface area contributed by atoms with Gasteiger partial charge in [-0.2, -0.15) is 0 Å². The minimum absolute atomic E-state index is 0.314. The molecule has 8 nitrogen and oxygen atoms in total.